The molecule has 1 atom stereocenters. The van der Waals surface area contributed by atoms with Crippen LogP contribution in [0.1, 0.15) is 12.5 Å². The monoisotopic (exact) mass is 352 g/mol. The van der Waals surface area contributed by atoms with Gasteiger partial charge in [0.2, 0.25) is 0 Å². The Morgan fingerprint density at radius 3 is 2.54 bits per heavy atom. The second kappa shape index (κ2) is 6.76. The van der Waals surface area contributed by atoms with Gasteiger partial charge in [0.05, 0.1) is 12.8 Å². The predicted molar refractivity (Wildman–Crippen MR) is 95.2 cm³/mol. The number of nitrogens with zero attached hydrogens (tertiary/aromatic N) is 1. The standard InChI is InChI=1S/C19H17FN4O2/c1-19(22-14-5-3-4-13(20)10-14)23-17(16(11-21)18(25)24-19)12-6-8-15(26-2)9-7-12/h3-10,22-23H,1-2H3,(H,24,25). The average molecular weight is 352 g/mol. The van der Waals surface area contributed by atoms with Crippen LogP contribution in [0.5, 0.6) is 5.75 Å². The molecule has 0 aromatic heterocycles. The highest BCUT2D eigenvalue weighted by atomic mass is 19.1. The Balaban J connectivity index is 1.96. The highest BCUT2D eigenvalue weighted by molar-refractivity contribution is 6.06. The van der Waals surface area contributed by atoms with Gasteiger partial charge in [-0.1, -0.05) is 6.07 Å². The summed E-state index contributed by atoms with van der Waals surface area (Å²) in [6, 6.07) is 14.8. The van der Waals surface area contributed by atoms with Crippen molar-refractivity contribution in [2.75, 3.05) is 12.4 Å². The molecule has 26 heavy (non-hydrogen) atoms. The van der Waals surface area contributed by atoms with Gasteiger partial charge in [0.15, 0.2) is 5.79 Å². The second-order valence-electron chi connectivity index (χ2n) is 5.93. The van der Waals surface area contributed by atoms with E-state index in [1.807, 2.05) is 6.07 Å². The first-order valence-electron chi connectivity index (χ1n) is 7.87. The molecule has 0 saturated carbocycles. The molecule has 7 heteroatoms. The number of nitrogens with one attached hydrogen (secondary N) is 3. The van der Waals surface area contributed by atoms with Gasteiger partial charge in [-0.2, -0.15) is 5.26 Å². The lowest BCUT2D eigenvalue weighted by atomic mass is 10.0. The van der Waals surface area contributed by atoms with Crippen molar-refractivity contribution >= 4 is 17.3 Å². The summed E-state index contributed by atoms with van der Waals surface area (Å²) >= 11 is 0. The van der Waals surface area contributed by atoms with Crippen molar-refractivity contribution in [3.8, 4) is 11.8 Å². The number of ether oxygens (including phenoxy) is 1. The van der Waals surface area contributed by atoms with Gasteiger partial charge in [0.25, 0.3) is 5.91 Å². The predicted octanol–water partition coefficient (Wildman–Crippen LogP) is 2.57. The zero-order valence-corrected chi connectivity index (χ0v) is 14.3. The summed E-state index contributed by atoms with van der Waals surface area (Å²) in [5.41, 5.74) is 1.48. The fourth-order valence-electron chi connectivity index (χ4n) is 2.75. The minimum absolute atomic E-state index is 0.0336. The van der Waals surface area contributed by atoms with Crippen molar-refractivity contribution < 1.29 is 13.9 Å². The number of carbonyl (C=O) groups is 1. The third-order valence-corrected chi connectivity index (χ3v) is 3.93. The third kappa shape index (κ3) is 3.44. The maximum Gasteiger partial charge on any atom is 0.267 e. The molecular weight excluding hydrogens is 335 g/mol. The Morgan fingerprint density at radius 1 is 1.19 bits per heavy atom. The number of halogens is 1. The molecule has 0 fully saturated rings. The molecule has 0 spiro atoms. The van der Waals surface area contributed by atoms with Crippen molar-refractivity contribution in [1.29, 1.82) is 5.26 Å². The Hall–Kier alpha value is -3.53. The Kier molecular flexibility index (Phi) is 4.50. The molecule has 6 nitrogen and oxygen atoms in total. The SMILES string of the molecule is COc1ccc(C2=C(C#N)C(=O)NC(C)(Nc3cccc(F)c3)N2)cc1. The van der Waals surface area contributed by atoms with Gasteiger partial charge in [0, 0.05) is 5.69 Å². The molecule has 132 valence electrons. The molecule has 1 aliphatic rings. The number of nitriles is 1. The van der Waals surface area contributed by atoms with Crippen LogP contribution in [-0.2, 0) is 4.79 Å². The molecule has 3 rings (SSSR count). The molecule has 2 aromatic rings. The maximum absolute atomic E-state index is 13.4. The van der Waals surface area contributed by atoms with E-state index in [4.69, 9.17) is 4.74 Å². The van der Waals surface area contributed by atoms with E-state index in [0.29, 0.717) is 22.7 Å². The first kappa shape index (κ1) is 17.3. The third-order valence-electron chi connectivity index (χ3n) is 3.93. The topological polar surface area (TPSA) is 86.2 Å². The molecule has 2 aromatic carbocycles. The number of methoxy groups -OCH3 is 1. The summed E-state index contributed by atoms with van der Waals surface area (Å²) in [4.78, 5) is 12.4. The molecule has 0 aliphatic carbocycles. The summed E-state index contributed by atoms with van der Waals surface area (Å²) in [5.74, 6) is -1.37. The largest absolute Gasteiger partial charge is 0.497 e. The Bertz CT molecular complexity index is 918. The van der Waals surface area contributed by atoms with Gasteiger partial charge in [-0.05, 0) is 55.0 Å². The number of hydrogen-bond acceptors (Lipinski definition) is 5. The highest BCUT2D eigenvalue weighted by Gasteiger charge is 2.35. The van der Waals surface area contributed by atoms with E-state index in [0.717, 1.165) is 0 Å². The van der Waals surface area contributed by atoms with Crippen LogP contribution in [0.25, 0.3) is 5.70 Å². The van der Waals surface area contributed by atoms with Crippen LogP contribution in [0.15, 0.2) is 54.1 Å². The zero-order valence-electron chi connectivity index (χ0n) is 14.3. The van der Waals surface area contributed by atoms with E-state index >= 15 is 0 Å². The molecular formula is C19H17FN4O2. The van der Waals surface area contributed by atoms with Gasteiger partial charge in [0.1, 0.15) is 23.2 Å². The van der Waals surface area contributed by atoms with Crippen molar-refractivity contribution in [2.24, 2.45) is 0 Å². The van der Waals surface area contributed by atoms with Gasteiger partial charge in [-0.15, -0.1) is 0 Å². The molecule has 1 unspecified atom stereocenters. The van der Waals surface area contributed by atoms with Crippen molar-refractivity contribution in [3.05, 3.63) is 65.5 Å². The lowest BCUT2D eigenvalue weighted by molar-refractivity contribution is -0.119. The Morgan fingerprint density at radius 2 is 1.92 bits per heavy atom. The van der Waals surface area contributed by atoms with E-state index in [-0.39, 0.29) is 5.57 Å². The van der Waals surface area contributed by atoms with Crippen LogP contribution in [0, 0.1) is 17.1 Å². The van der Waals surface area contributed by atoms with Gasteiger partial charge >= 0.3 is 0 Å². The number of benzene rings is 2. The number of anilines is 1. The fraction of sp³-hybridized carbons (Fsp3) is 0.158. The number of amides is 1. The number of hydrogen-bond donors (Lipinski definition) is 3. The van der Waals surface area contributed by atoms with E-state index < -0.39 is 17.5 Å². The summed E-state index contributed by atoms with van der Waals surface area (Å²) in [6.45, 7) is 1.69. The second-order valence-corrected chi connectivity index (χ2v) is 5.93. The van der Waals surface area contributed by atoms with Crippen LogP contribution >= 0.6 is 0 Å². The van der Waals surface area contributed by atoms with Crippen LogP contribution in [0.2, 0.25) is 0 Å². The minimum Gasteiger partial charge on any atom is -0.497 e. The van der Waals surface area contributed by atoms with E-state index in [2.05, 4.69) is 16.0 Å². The van der Waals surface area contributed by atoms with Crippen LogP contribution < -0.4 is 20.7 Å². The van der Waals surface area contributed by atoms with Gasteiger partial charge in [-0.3, -0.25) is 4.79 Å². The number of rotatable bonds is 4. The van der Waals surface area contributed by atoms with Crippen LogP contribution in [-0.4, -0.2) is 18.8 Å². The summed E-state index contributed by atoms with van der Waals surface area (Å²) in [7, 11) is 1.56. The summed E-state index contributed by atoms with van der Waals surface area (Å²) in [5, 5.41) is 18.3. The molecule has 1 aliphatic heterocycles. The molecule has 0 saturated heterocycles. The quantitative estimate of drug-likeness (QED) is 0.787. The first-order chi connectivity index (χ1) is 12.4. The molecule has 0 bridgehead atoms. The molecule has 1 amide bonds. The maximum atomic E-state index is 13.4. The summed E-state index contributed by atoms with van der Waals surface area (Å²) in [6.07, 6.45) is 0. The van der Waals surface area contributed by atoms with E-state index in [1.165, 1.54) is 12.1 Å². The van der Waals surface area contributed by atoms with E-state index in [1.54, 1.807) is 50.4 Å². The summed E-state index contributed by atoms with van der Waals surface area (Å²) < 4.78 is 18.6. The normalized spacial score (nSPS) is 19.2. The molecule has 3 N–H and O–H groups in total. The average Bonchev–Trinajstić information content (AvgIpc) is 2.61. The van der Waals surface area contributed by atoms with Crippen molar-refractivity contribution in [2.45, 2.75) is 12.7 Å². The minimum atomic E-state index is -1.11. The first-order valence-corrected chi connectivity index (χ1v) is 7.87. The van der Waals surface area contributed by atoms with Gasteiger partial charge in [-0.25, -0.2) is 4.39 Å². The van der Waals surface area contributed by atoms with Crippen LogP contribution in [0.3, 0.4) is 0 Å². The lowest BCUT2D eigenvalue weighted by Crippen LogP contribution is -2.64. The van der Waals surface area contributed by atoms with Crippen molar-refractivity contribution in [3.63, 3.8) is 0 Å². The lowest BCUT2D eigenvalue weighted by Gasteiger charge is -2.39. The van der Waals surface area contributed by atoms with Crippen molar-refractivity contribution in [1.82, 2.24) is 10.6 Å². The van der Waals surface area contributed by atoms with E-state index in [9.17, 15) is 14.4 Å². The molecule has 1 heterocycles. The fourth-order valence-corrected chi connectivity index (χ4v) is 2.75. The van der Waals surface area contributed by atoms with Gasteiger partial charge < -0.3 is 20.7 Å². The highest BCUT2D eigenvalue weighted by Crippen LogP contribution is 2.26. The Labute approximate surface area is 150 Å². The molecule has 0 radical (unpaired) electrons. The smallest absolute Gasteiger partial charge is 0.267 e. The zero-order chi connectivity index (χ0) is 18.7. The number of carbonyl (C=O) groups excluding carboxylic acids is 1. The van der Waals surface area contributed by atoms with Crippen LogP contribution in [0.4, 0.5) is 10.1 Å².